The summed E-state index contributed by atoms with van der Waals surface area (Å²) in [6.45, 7) is 6.31. The summed E-state index contributed by atoms with van der Waals surface area (Å²) < 4.78 is 6.03. The van der Waals surface area contributed by atoms with Gasteiger partial charge in [0.2, 0.25) is 0 Å². The van der Waals surface area contributed by atoms with E-state index in [4.69, 9.17) is 4.42 Å². The maximum absolute atomic E-state index is 6.03. The van der Waals surface area contributed by atoms with Crippen molar-refractivity contribution >= 4 is 16.7 Å². The van der Waals surface area contributed by atoms with Crippen LogP contribution < -0.4 is 4.90 Å². The number of hydrogen-bond donors (Lipinski definition) is 0. The molecule has 0 N–H and O–H groups in total. The van der Waals surface area contributed by atoms with Crippen molar-refractivity contribution in [3.8, 4) is 0 Å². The number of furan rings is 1. The Morgan fingerprint density at radius 3 is 2.36 bits per heavy atom. The zero-order valence-corrected chi connectivity index (χ0v) is 19.1. The Balaban J connectivity index is 1.27. The molecule has 3 aromatic carbocycles. The van der Waals surface area contributed by atoms with E-state index in [9.17, 15) is 0 Å². The Labute approximate surface area is 196 Å². The molecule has 0 bridgehead atoms. The van der Waals surface area contributed by atoms with Crippen LogP contribution in [0.4, 0.5) is 5.69 Å². The van der Waals surface area contributed by atoms with Crippen LogP contribution in [0.3, 0.4) is 0 Å². The molecule has 1 aromatic heterocycles. The fourth-order valence-electron chi connectivity index (χ4n) is 4.55. The van der Waals surface area contributed by atoms with Crippen LogP contribution in [-0.4, -0.2) is 0 Å². The third kappa shape index (κ3) is 4.85. The Morgan fingerprint density at radius 2 is 1.67 bits per heavy atom. The van der Waals surface area contributed by atoms with Crippen LogP contribution in [0.2, 0.25) is 0 Å². The molecule has 2 heteroatoms. The summed E-state index contributed by atoms with van der Waals surface area (Å²) in [5.41, 5.74) is 6.94. The molecule has 1 atom stereocenters. The van der Waals surface area contributed by atoms with E-state index in [1.807, 2.05) is 12.1 Å². The smallest absolute Gasteiger partial charge is 0.134 e. The average molecular weight is 432 g/mol. The van der Waals surface area contributed by atoms with E-state index in [1.54, 1.807) is 0 Å². The maximum atomic E-state index is 6.03. The molecular weight excluding hydrogens is 402 g/mol. The molecule has 0 fully saturated rings. The molecule has 0 saturated heterocycles. The average Bonchev–Trinajstić information content (AvgIpc) is 3.24. The van der Waals surface area contributed by atoms with E-state index < -0.39 is 0 Å². The fraction of sp³-hybridized carbons (Fsp3) is 0.161. The second-order valence-corrected chi connectivity index (χ2v) is 8.84. The molecular formula is C31H29NO. The van der Waals surface area contributed by atoms with Crippen molar-refractivity contribution in [2.24, 2.45) is 5.92 Å². The summed E-state index contributed by atoms with van der Waals surface area (Å²) in [7, 11) is 0. The lowest BCUT2D eigenvalue weighted by Gasteiger charge is -2.29. The van der Waals surface area contributed by atoms with Crippen LogP contribution in [0.15, 0.2) is 126 Å². The molecule has 1 heterocycles. The first kappa shape index (κ1) is 21.1. The molecule has 2 nitrogen and oxygen atoms in total. The molecule has 4 aromatic rings. The van der Waals surface area contributed by atoms with Gasteiger partial charge in [0.1, 0.15) is 11.3 Å². The SMILES string of the molecule is C=C(C)N(C1=CCC(Cc2cc3ccccc3o2)C=C1)c1ccc(Cc2ccccc2)cc1. The van der Waals surface area contributed by atoms with Gasteiger partial charge in [-0.2, -0.15) is 0 Å². The van der Waals surface area contributed by atoms with Gasteiger partial charge in [-0.05, 0) is 67.2 Å². The van der Waals surface area contributed by atoms with Gasteiger partial charge in [-0.15, -0.1) is 0 Å². The summed E-state index contributed by atoms with van der Waals surface area (Å²) >= 11 is 0. The van der Waals surface area contributed by atoms with Crippen molar-refractivity contribution in [3.05, 3.63) is 138 Å². The van der Waals surface area contributed by atoms with E-state index in [2.05, 4.69) is 109 Å². The first-order valence-corrected chi connectivity index (χ1v) is 11.6. The number of para-hydroxylation sites is 1. The lowest BCUT2D eigenvalue weighted by Crippen LogP contribution is -2.20. The molecule has 0 aliphatic heterocycles. The lowest BCUT2D eigenvalue weighted by molar-refractivity contribution is 0.503. The van der Waals surface area contributed by atoms with Crippen LogP contribution in [0.5, 0.6) is 0 Å². The Morgan fingerprint density at radius 1 is 0.939 bits per heavy atom. The van der Waals surface area contributed by atoms with Gasteiger partial charge in [0.25, 0.3) is 0 Å². The van der Waals surface area contributed by atoms with Gasteiger partial charge in [-0.3, -0.25) is 0 Å². The standard InChI is InChI=1S/C31H29NO/c1-23(2)32(28-16-12-25(13-17-28)20-24-8-4-3-5-9-24)29-18-14-26(15-19-29)21-30-22-27-10-6-7-11-31(27)33-30/h3-14,16-19,22,26H,1,15,20-21H2,2H3. The predicted octanol–water partition coefficient (Wildman–Crippen LogP) is 8.07. The molecule has 0 amide bonds. The zero-order chi connectivity index (χ0) is 22.6. The third-order valence-electron chi connectivity index (χ3n) is 6.19. The molecule has 33 heavy (non-hydrogen) atoms. The van der Waals surface area contributed by atoms with E-state index in [-0.39, 0.29) is 0 Å². The van der Waals surface area contributed by atoms with Gasteiger partial charge >= 0.3 is 0 Å². The summed E-state index contributed by atoms with van der Waals surface area (Å²) in [4.78, 5) is 2.24. The Hall–Kier alpha value is -3.78. The summed E-state index contributed by atoms with van der Waals surface area (Å²) in [6, 6.07) is 29.8. The Bertz CT molecular complexity index is 1280. The van der Waals surface area contributed by atoms with Crippen LogP contribution in [0.25, 0.3) is 11.0 Å². The van der Waals surface area contributed by atoms with Crippen molar-refractivity contribution in [3.63, 3.8) is 0 Å². The second-order valence-electron chi connectivity index (χ2n) is 8.84. The van der Waals surface area contributed by atoms with Crippen LogP contribution in [-0.2, 0) is 12.8 Å². The largest absolute Gasteiger partial charge is 0.461 e. The first-order chi connectivity index (χ1) is 16.2. The number of fused-ring (bicyclic) bond motifs is 1. The van der Waals surface area contributed by atoms with Gasteiger partial charge in [-0.25, -0.2) is 0 Å². The van der Waals surface area contributed by atoms with Crippen molar-refractivity contribution < 1.29 is 4.42 Å². The highest BCUT2D eigenvalue weighted by atomic mass is 16.3. The van der Waals surface area contributed by atoms with E-state index in [1.165, 1.54) is 22.2 Å². The van der Waals surface area contributed by atoms with Gasteiger partial charge in [0.15, 0.2) is 0 Å². The zero-order valence-electron chi connectivity index (χ0n) is 19.1. The number of rotatable bonds is 7. The van der Waals surface area contributed by atoms with Gasteiger partial charge in [0, 0.05) is 28.9 Å². The highest BCUT2D eigenvalue weighted by Crippen LogP contribution is 2.30. The van der Waals surface area contributed by atoms with E-state index >= 15 is 0 Å². The monoisotopic (exact) mass is 431 g/mol. The fourth-order valence-corrected chi connectivity index (χ4v) is 4.55. The number of nitrogens with zero attached hydrogens (tertiary/aromatic N) is 1. The van der Waals surface area contributed by atoms with Crippen LogP contribution in [0.1, 0.15) is 30.2 Å². The molecule has 1 aliphatic carbocycles. The highest BCUT2D eigenvalue weighted by molar-refractivity contribution is 5.77. The lowest BCUT2D eigenvalue weighted by atomic mass is 9.94. The highest BCUT2D eigenvalue weighted by Gasteiger charge is 2.17. The molecule has 0 spiro atoms. The van der Waals surface area contributed by atoms with Gasteiger partial charge < -0.3 is 9.32 Å². The number of benzene rings is 3. The quantitative estimate of drug-likeness (QED) is 0.294. The molecule has 5 rings (SSSR count). The summed E-state index contributed by atoms with van der Waals surface area (Å²) in [5, 5.41) is 1.17. The topological polar surface area (TPSA) is 16.4 Å². The predicted molar refractivity (Wildman–Crippen MR) is 138 cm³/mol. The molecule has 1 aliphatic rings. The van der Waals surface area contributed by atoms with Crippen molar-refractivity contribution in [1.82, 2.24) is 0 Å². The van der Waals surface area contributed by atoms with Crippen molar-refractivity contribution in [2.75, 3.05) is 4.90 Å². The summed E-state index contributed by atoms with van der Waals surface area (Å²) in [5.74, 6) is 1.49. The molecule has 1 unspecified atom stereocenters. The minimum atomic E-state index is 0.439. The van der Waals surface area contributed by atoms with Crippen molar-refractivity contribution in [2.45, 2.75) is 26.2 Å². The van der Waals surface area contributed by atoms with Gasteiger partial charge in [0.05, 0.1) is 0 Å². The number of anilines is 1. The number of hydrogen-bond acceptors (Lipinski definition) is 2. The maximum Gasteiger partial charge on any atom is 0.134 e. The molecule has 164 valence electrons. The second kappa shape index (κ2) is 9.38. The minimum Gasteiger partial charge on any atom is -0.461 e. The van der Waals surface area contributed by atoms with E-state index in [0.717, 1.165) is 42.0 Å². The minimum absolute atomic E-state index is 0.439. The van der Waals surface area contributed by atoms with Crippen molar-refractivity contribution in [1.29, 1.82) is 0 Å². The van der Waals surface area contributed by atoms with Gasteiger partial charge in [-0.1, -0.05) is 79.4 Å². The van der Waals surface area contributed by atoms with E-state index in [0.29, 0.717) is 5.92 Å². The third-order valence-corrected chi connectivity index (χ3v) is 6.19. The normalized spacial score (nSPS) is 15.4. The summed E-state index contributed by atoms with van der Waals surface area (Å²) in [6.07, 6.45) is 9.70. The van der Waals surface area contributed by atoms with Crippen LogP contribution in [0, 0.1) is 5.92 Å². The number of allylic oxidation sites excluding steroid dienone is 4. The molecule has 0 saturated carbocycles. The Kier molecular flexibility index (Phi) is 5.99. The van der Waals surface area contributed by atoms with Crippen LogP contribution >= 0.6 is 0 Å². The first-order valence-electron chi connectivity index (χ1n) is 11.6. The molecule has 0 radical (unpaired) electrons.